The Morgan fingerprint density at radius 2 is 0.892 bits per heavy atom. The zero-order chi connectivity index (χ0) is 23.9. The summed E-state index contributed by atoms with van der Waals surface area (Å²) < 4.78 is 0. The molecule has 10 rings (SSSR count). The second-order valence-corrected chi connectivity index (χ2v) is 11.2. The molecule has 0 fully saturated rings. The van der Waals surface area contributed by atoms with Gasteiger partial charge >= 0.3 is 0 Å². The van der Waals surface area contributed by atoms with E-state index < -0.39 is 0 Å². The van der Waals surface area contributed by atoms with Crippen LogP contribution in [-0.4, -0.2) is 0 Å². The second-order valence-electron chi connectivity index (χ2n) is 11.2. The van der Waals surface area contributed by atoms with Gasteiger partial charge < -0.3 is 0 Å². The molecule has 0 aromatic heterocycles. The van der Waals surface area contributed by atoms with Gasteiger partial charge in [-0.3, -0.25) is 0 Å². The van der Waals surface area contributed by atoms with E-state index in [1.54, 1.807) is 0 Å². The molecule has 3 aliphatic rings. The second kappa shape index (κ2) is 5.93. The summed E-state index contributed by atoms with van der Waals surface area (Å²) in [5.74, 6) is 0. The summed E-state index contributed by atoms with van der Waals surface area (Å²) in [6.45, 7) is 0. The topological polar surface area (TPSA) is 0 Å². The fraction of sp³-hybridized carbons (Fsp3) is 0.0811. The molecule has 0 saturated carbocycles. The molecule has 0 spiro atoms. The van der Waals surface area contributed by atoms with Gasteiger partial charge in [0.25, 0.3) is 0 Å². The molecule has 0 heteroatoms. The Bertz CT molecular complexity index is 2050. The van der Waals surface area contributed by atoms with E-state index in [0.717, 1.165) is 6.42 Å². The molecule has 3 aliphatic carbocycles. The molecule has 0 N–H and O–H groups in total. The van der Waals surface area contributed by atoms with Crippen molar-refractivity contribution in [2.75, 3.05) is 0 Å². The van der Waals surface area contributed by atoms with E-state index in [-0.39, 0.29) is 10.8 Å². The average Bonchev–Trinajstić information content (AvgIpc) is 3.49. The maximum Gasteiger partial charge on any atom is 0.0607 e. The maximum atomic E-state index is 2.54. The minimum atomic E-state index is -0.206. The lowest BCUT2D eigenvalue weighted by Crippen LogP contribution is -2.41. The van der Waals surface area contributed by atoms with Crippen molar-refractivity contribution in [1.29, 1.82) is 0 Å². The van der Waals surface area contributed by atoms with Crippen LogP contribution in [0.3, 0.4) is 0 Å². The molecule has 170 valence electrons. The Hall–Kier alpha value is -4.42. The zero-order valence-electron chi connectivity index (χ0n) is 20.3. The molecule has 0 bridgehead atoms. The number of hydrogen-bond acceptors (Lipinski definition) is 0. The molecule has 0 aliphatic heterocycles. The van der Waals surface area contributed by atoms with Gasteiger partial charge in [-0.25, -0.2) is 0 Å². The molecule has 7 aromatic rings. The first-order valence-corrected chi connectivity index (χ1v) is 13.3. The van der Waals surface area contributed by atoms with Crippen LogP contribution < -0.4 is 0 Å². The highest BCUT2D eigenvalue weighted by molar-refractivity contribution is 6.18. The van der Waals surface area contributed by atoms with Crippen molar-refractivity contribution in [3.8, 4) is 0 Å². The van der Waals surface area contributed by atoms with Crippen molar-refractivity contribution in [1.82, 2.24) is 0 Å². The molecule has 7 aromatic carbocycles. The van der Waals surface area contributed by atoms with Gasteiger partial charge in [-0.05, 0) is 95.0 Å². The first kappa shape index (κ1) is 18.8. The first-order chi connectivity index (χ1) is 18.3. The quantitative estimate of drug-likeness (QED) is 0.196. The van der Waals surface area contributed by atoms with Crippen molar-refractivity contribution in [2.45, 2.75) is 17.3 Å². The van der Waals surface area contributed by atoms with E-state index in [1.807, 2.05) is 0 Å². The Kier molecular flexibility index (Phi) is 3.01. The van der Waals surface area contributed by atoms with Crippen molar-refractivity contribution in [2.24, 2.45) is 0 Å². The Morgan fingerprint density at radius 1 is 0.405 bits per heavy atom. The van der Waals surface area contributed by atoms with Gasteiger partial charge in [0.05, 0.1) is 5.41 Å². The third kappa shape index (κ3) is 1.78. The van der Waals surface area contributed by atoms with Crippen LogP contribution in [0.5, 0.6) is 0 Å². The zero-order valence-corrected chi connectivity index (χ0v) is 20.3. The van der Waals surface area contributed by atoms with Gasteiger partial charge in [0.15, 0.2) is 0 Å². The summed E-state index contributed by atoms with van der Waals surface area (Å²) in [5.41, 5.74) is 8.65. The predicted octanol–water partition coefficient (Wildman–Crippen LogP) is 8.80. The standard InChI is InChI=1S/C37H22/c1-4-12-25-22(9-1)19-32-34-27(25)14-7-17-30(34)37-29-16-6-3-11-24(29)21-36(32,37)33-20-23-10-2-5-13-26(23)28-15-8-18-31(37)35(28)33/h1-20H,21H2. The third-order valence-electron chi connectivity index (χ3n) is 10.0. The monoisotopic (exact) mass is 466 g/mol. The van der Waals surface area contributed by atoms with Crippen LogP contribution in [0.4, 0.5) is 0 Å². The van der Waals surface area contributed by atoms with Crippen molar-refractivity contribution in [3.63, 3.8) is 0 Å². The van der Waals surface area contributed by atoms with Crippen LogP contribution in [0.1, 0.15) is 33.4 Å². The van der Waals surface area contributed by atoms with Crippen LogP contribution >= 0.6 is 0 Å². The van der Waals surface area contributed by atoms with E-state index in [9.17, 15) is 0 Å². The van der Waals surface area contributed by atoms with E-state index in [0.29, 0.717) is 0 Å². The largest absolute Gasteiger partial charge is 0.0620 e. The van der Waals surface area contributed by atoms with Crippen LogP contribution in [0.25, 0.3) is 43.1 Å². The summed E-state index contributed by atoms with van der Waals surface area (Å²) in [7, 11) is 0. The Balaban J connectivity index is 1.53. The Morgan fingerprint density at radius 3 is 1.51 bits per heavy atom. The summed E-state index contributed by atoms with van der Waals surface area (Å²) in [6.07, 6.45) is 1.04. The number of benzene rings is 7. The van der Waals surface area contributed by atoms with E-state index in [4.69, 9.17) is 0 Å². The smallest absolute Gasteiger partial charge is 0.0607 e. The highest BCUT2D eigenvalue weighted by Crippen LogP contribution is 2.73. The van der Waals surface area contributed by atoms with Gasteiger partial charge in [-0.2, -0.15) is 0 Å². The molecule has 0 heterocycles. The van der Waals surface area contributed by atoms with Gasteiger partial charge in [-0.15, -0.1) is 0 Å². The minimum absolute atomic E-state index is 0.144. The molecule has 0 saturated heterocycles. The highest BCUT2D eigenvalue weighted by atomic mass is 14.7. The van der Waals surface area contributed by atoms with Gasteiger partial charge in [0, 0.05) is 5.41 Å². The number of fused-ring (bicyclic) bond motifs is 5. The van der Waals surface area contributed by atoms with Crippen molar-refractivity contribution in [3.05, 3.63) is 155 Å². The van der Waals surface area contributed by atoms with Crippen LogP contribution in [0, 0.1) is 0 Å². The van der Waals surface area contributed by atoms with Crippen molar-refractivity contribution < 1.29 is 0 Å². The molecule has 0 nitrogen and oxygen atoms in total. The average molecular weight is 467 g/mol. The third-order valence-corrected chi connectivity index (χ3v) is 10.0. The highest BCUT2D eigenvalue weighted by Gasteiger charge is 2.69. The number of rotatable bonds is 0. The van der Waals surface area contributed by atoms with E-state index in [2.05, 4.69) is 121 Å². The molecule has 0 unspecified atom stereocenters. The van der Waals surface area contributed by atoms with Crippen LogP contribution in [0.15, 0.2) is 121 Å². The number of hydrogen-bond donors (Lipinski definition) is 0. The molecule has 37 heavy (non-hydrogen) atoms. The lowest BCUT2D eigenvalue weighted by molar-refractivity contribution is 0.435. The first-order valence-electron chi connectivity index (χ1n) is 13.3. The summed E-state index contributed by atoms with van der Waals surface area (Å²) in [4.78, 5) is 0. The normalized spacial score (nSPS) is 22.2. The minimum Gasteiger partial charge on any atom is -0.0620 e. The predicted molar refractivity (Wildman–Crippen MR) is 154 cm³/mol. The van der Waals surface area contributed by atoms with Gasteiger partial charge in [0.2, 0.25) is 0 Å². The molecule has 0 atom stereocenters. The van der Waals surface area contributed by atoms with Crippen LogP contribution in [-0.2, 0) is 17.3 Å². The van der Waals surface area contributed by atoms with E-state index >= 15 is 0 Å². The van der Waals surface area contributed by atoms with Gasteiger partial charge in [-0.1, -0.05) is 109 Å². The fourth-order valence-electron chi connectivity index (χ4n) is 8.95. The summed E-state index contributed by atoms with van der Waals surface area (Å²) >= 11 is 0. The molecular formula is C37H22. The summed E-state index contributed by atoms with van der Waals surface area (Å²) in [6, 6.07) is 46.5. The molecule has 0 radical (unpaired) electrons. The van der Waals surface area contributed by atoms with E-state index in [1.165, 1.54) is 76.5 Å². The maximum absolute atomic E-state index is 2.54. The summed E-state index contributed by atoms with van der Waals surface area (Å²) in [5, 5.41) is 11.2. The molecular weight excluding hydrogens is 444 g/mol. The fourth-order valence-corrected chi connectivity index (χ4v) is 8.95. The SMILES string of the molecule is c1ccc2c(c1)CC13c4cc5ccccc5c5cccc(c45)C21c1cccc2c1c3cc1ccccc12. The van der Waals surface area contributed by atoms with Crippen LogP contribution in [0.2, 0.25) is 0 Å². The lowest BCUT2D eigenvalue weighted by atomic mass is 9.61. The lowest BCUT2D eigenvalue weighted by Gasteiger charge is -2.39. The van der Waals surface area contributed by atoms with Gasteiger partial charge in [0.1, 0.15) is 0 Å². The Labute approximate surface area is 214 Å². The van der Waals surface area contributed by atoms with Crippen molar-refractivity contribution >= 4 is 43.1 Å². The molecule has 0 amide bonds.